The van der Waals surface area contributed by atoms with E-state index in [-0.39, 0.29) is 37.0 Å². The van der Waals surface area contributed by atoms with E-state index >= 15 is 0 Å². The second-order valence-electron chi connectivity index (χ2n) is 22.0. The van der Waals surface area contributed by atoms with Crippen molar-refractivity contribution in [2.75, 3.05) is 125 Å². The molecule has 6 aromatic carbocycles. The zero-order valence-corrected chi connectivity index (χ0v) is 54.4. The minimum absolute atomic E-state index is 0.00500. The number of aromatic nitrogens is 3. The third-order valence-electron chi connectivity index (χ3n) is 15.3. The van der Waals surface area contributed by atoms with Gasteiger partial charge < -0.3 is 53.6 Å². The molecule has 0 fully saturated rings. The average molecular weight is 1300 g/mol. The van der Waals surface area contributed by atoms with Gasteiger partial charge in [0.25, 0.3) is 0 Å². The molecular formula is C74H94ClN5O13. The first kappa shape index (κ1) is 74.5. The number of alkyl halides is 1. The van der Waals surface area contributed by atoms with Crippen LogP contribution in [0, 0.1) is 0 Å². The second kappa shape index (κ2) is 45.7. The molecule has 0 radical (unpaired) electrons. The number of carbonyl (C=O) groups excluding carboxylic acids is 3. The number of hydrogen-bond donors (Lipinski definition) is 3. The summed E-state index contributed by atoms with van der Waals surface area (Å²) in [4.78, 5) is 49.5. The highest BCUT2D eigenvalue weighted by Crippen LogP contribution is 2.43. The molecule has 2 amide bonds. The van der Waals surface area contributed by atoms with Crippen LogP contribution in [-0.2, 0) is 80.9 Å². The van der Waals surface area contributed by atoms with E-state index in [9.17, 15) is 24.3 Å². The summed E-state index contributed by atoms with van der Waals surface area (Å²) in [6.07, 6.45) is 8.43. The van der Waals surface area contributed by atoms with E-state index in [1.54, 1.807) is 4.68 Å². The summed E-state index contributed by atoms with van der Waals surface area (Å²) in [6.45, 7) is 7.91. The summed E-state index contributed by atoms with van der Waals surface area (Å²) in [6, 6.07) is 60.2. The molecule has 0 saturated carbocycles. The molecule has 0 unspecified atom stereocenters. The minimum atomic E-state index is -0.818. The van der Waals surface area contributed by atoms with Gasteiger partial charge in [-0.1, -0.05) is 200 Å². The van der Waals surface area contributed by atoms with Crippen LogP contribution in [-0.4, -0.2) is 168 Å². The van der Waals surface area contributed by atoms with Crippen LogP contribution >= 0.6 is 11.6 Å². The van der Waals surface area contributed by atoms with Gasteiger partial charge in [-0.3, -0.25) is 19.2 Å². The Balaban J connectivity index is 0.000000494. The van der Waals surface area contributed by atoms with E-state index < -0.39 is 16.8 Å². The molecule has 3 N–H and O–H groups in total. The Labute approximate surface area is 553 Å². The Hall–Kier alpha value is -7.49. The minimum Gasteiger partial charge on any atom is -0.481 e. The molecule has 0 atom stereocenters. The summed E-state index contributed by atoms with van der Waals surface area (Å²) in [5.74, 6) is -0.216. The van der Waals surface area contributed by atoms with Gasteiger partial charge in [0, 0.05) is 57.6 Å². The molecule has 0 bridgehead atoms. The van der Waals surface area contributed by atoms with E-state index in [0.717, 1.165) is 71.4 Å². The highest BCUT2D eigenvalue weighted by Gasteiger charge is 2.39. The summed E-state index contributed by atoms with van der Waals surface area (Å²) < 4.78 is 46.2. The molecule has 18 nitrogen and oxygen atoms in total. The van der Waals surface area contributed by atoms with E-state index in [0.29, 0.717) is 144 Å². The zero-order valence-electron chi connectivity index (χ0n) is 53.7. The maximum absolute atomic E-state index is 13.5. The lowest BCUT2D eigenvalue weighted by molar-refractivity contribution is -0.138. The number of nitrogens with one attached hydrogen (secondary N) is 2. The highest BCUT2D eigenvalue weighted by molar-refractivity contribution is 6.17. The molecular weight excluding hydrogens is 1200 g/mol. The van der Waals surface area contributed by atoms with Crippen molar-refractivity contribution in [3.63, 3.8) is 0 Å². The summed E-state index contributed by atoms with van der Waals surface area (Å²) >= 11 is 5.67. The van der Waals surface area contributed by atoms with Crippen LogP contribution in [0.5, 0.6) is 0 Å². The number of Topliss-reactive ketones (excluding diaryl/α,β-unsaturated/α-hetero) is 1. The third kappa shape index (κ3) is 27.9. The van der Waals surface area contributed by atoms with Crippen LogP contribution in [0.1, 0.15) is 96.9 Å². The zero-order chi connectivity index (χ0) is 65.5. The molecule has 1 aromatic heterocycles. The van der Waals surface area contributed by atoms with Crippen LogP contribution in [0.15, 0.2) is 188 Å². The molecule has 1 heterocycles. The van der Waals surface area contributed by atoms with Crippen molar-refractivity contribution in [3.8, 4) is 0 Å². The number of rotatable bonds is 49. The second-order valence-corrected chi connectivity index (χ2v) is 22.4. The Morgan fingerprint density at radius 3 is 1.20 bits per heavy atom. The SMILES string of the molecule is O=C(CCCOCCOCCOCC(=O)NCCOCCOCCCCCCCl)CCc1cn(CCOCCOCCOCCNC(=O)CC(c2ccccc2)(c2ccccc2)c2ccccc2)nn1.O=C(O)CC(c1ccccc1)(c1ccccc1)c1ccccc1. The molecule has 0 aliphatic rings. The molecule has 0 aliphatic heterocycles. The quantitative estimate of drug-likeness (QED) is 0.0184. The van der Waals surface area contributed by atoms with Gasteiger partial charge in [-0.25, -0.2) is 4.68 Å². The summed E-state index contributed by atoms with van der Waals surface area (Å²) in [5.41, 5.74) is 5.54. The fourth-order valence-corrected chi connectivity index (χ4v) is 10.8. The lowest BCUT2D eigenvalue weighted by Crippen LogP contribution is -2.38. The number of halogens is 1. The van der Waals surface area contributed by atoms with Crippen molar-refractivity contribution < 1.29 is 62.2 Å². The van der Waals surface area contributed by atoms with Crippen LogP contribution in [0.25, 0.3) is 0 Å². The van der Waals surface area contributed by atoms with Gasteiger partial charge in [0.2, 0.25) is 11.8 Å². The van der Waals surface area contributed by atoms with Crippen LogP contribution < -0.4 is 10.6 Å². The fraction of sp³-hybridized carbons (Fsp3) is 0.432. The van der Waals surface area contributed by atoms with Crippen LogP contribution in [0.3, 0.4) is 0 Å². The number of aliphatic carboxylic acids is 1. The topological polar surface area (TPSA) is 217 Å². The fourth-order valence-electron chi connectivity index (χ4n) is 10.7. The Kier molecular flexibility index (Phi) is 36.7. The van der Waals surface area contributed by atoms with Gasteiger partial charge >= 0.3 is 5.97 Å². The number of aryl methyl sites for hydroxylation is 1. The van der Waals surface area contributed by atoms with Gasteiger partial charge in [-0.15, -0.1) is 16.7 Å². The van der Waals surface area contributed by atoms with Crippen molar-refractivity contribution in [2.24, 2.45) is 0 Å². The van der Waals surface area contributed by atoms with Crippen molar-refractivity contribution in [1.29, 1.82) is 0 Å². The number of ketones is 1. The van der Waals surface area contributed by atoms with Crippen molar-refractivity contribution in [3.05, 3.63) is 227 Å². The number of ether oxygens (including phenoxy) is 8. The number of unbranched alkanes of at least 4 members (excludes halogenated alkanes) is 3. The van der Waals surface area contributed by atoms with E-state index in [1.807, 2.05) is 152 Å². The van der Waals surface area contributed by atoms with Crippen molar-refractivity contribution in [2.45, 2.75) is 81.6 Å². The monoisotopic (exact) mass is 1300 g/mol. The molecule has 7 rings (SSSR count). The first-order valence-electron chi connectivity index (χ1n) is 32.4. The number of nitrogens with zero attached hydrogens (tertiary/aromatic N) is 3. The van der Waals surface area contributed by atoms with Gasteiger partial charge in [-0.05, 0) is 59.1 Å². The van der Waals surface area contributed by atoms with Crippen molar-refractivity contribution in [1.82, 2.24) is 25.6 Å². The summed E-state index contributed by atoms with van der Waals surface area (Å²) in [5, 5.41) is 23.8. The third-order valence-corrected chi connectivity index (χ3v) is 15.6. The molecule has 0 spiro atoms. The maximum atomic E-state index is 13.5. The maximum Gasteiger partial charge on any atom is 0.304 e. The van der Waals surface area contributed by atoms with Crippen LogP contribution in [0.2, 0.25) is 0 Å². The molecule has 0 aliphatic carbocycles. The molecule has 7 aromatic rings. The van der Waals surface area contributed by atoms with Gasteiger partial charge in [-0.2, -0.15) is 0 Å². The van der Waals surface area contributed by atoms with E-state index in [4.69, 9.17) is 49.5 Å². The number of amides is 2. The first-order chi connectivity index (χ1) is 45.7. The Morgan fingerprint density at radius 2 is 0.774 bits per heavy atom. The van der Waals surface area contributed by atoms with E-state index in [1.165, 1.54) is 0 Å². The standard InChI is InChI=1S/C53H76ClN5O11.C21H18O2/c54-24-12-1-2-13-28-63-33-35-66-31-26-56-52(62)45-70-42-41-69-38-34-64-29-14-21-50(60)23-22-49-44-59(58-57-49)27-32-67-37-40-68-39-36-65-30-25-55-51(61)43-53(46-15-6-3-7-16-46,47-17-8-4-9-18-47)48-19-10-5-11-20-48;22-20(23)16-21(17-10-4-1-5-11-17,18-12-6-2-7-13-18)19-14-8-3-9-15-19/h3-11,15-20,44H,1-2,12-14,21-43,45H2,(H,55,61)(H,56,62);1-15H,16H2,(H,22,23). The number of benzene rings is 6. The molecule has 93 heavy (non-hydrogen) atoms. The highest BCUT2D eigenvalue weighted by atomic mass is 35.5. The lowest BCUT2D eigenvalue weighted by Gasteiger charge is -2.35. The number of carboxylic acids is 1. The van der Waals surface area contributed by atoms with Gasteiger partial charge in [0.1, 0.15) is 12.4 Å². The van der Waals surface area contributed by atoms with Crippen molar-refractivity contribution >= 4 is 35.2 Å². The summed E-state index contributed by atoms with van der Waals surface area (Å²) in [7, 11) is 0. The normalized spacial score (nSPS) is 11.4. The number of carbonyl (C=O) groups is 4. The number of hydrogen-bond acceptors (Lipinski definition) is 14. The lowest BCUT2D eigenvalue weighted by atomic mass is 9.67. The van der Waals surface area contributed by atoms with Gasteiger partial charge in [0.15, 0.2) is 0 Å². The average Bonchev–Trinajstić information content (AvgIpc) is 1.14. The molecule has 0 saturated heterocycles. The first-order valence-corrected chi connectivity index (χ1v) is 32.9. The number of carboxylic acid groups (broad SMARTS) is 1. The molecule has 500 valence electrons. The Morgan fingerprint density at radius 1 is 0.409 bits per heavy atom. The smallest absolute Gasteiger partial charge is 0.304 e. The predicted molar refractivity (Wildman–Crippen MR) is 360 cm³/mol. The largest absolute Gasteiger partial charge is 0.481 e. The predicted octanol–water partition coefficient (Wildman–Crippen LogP) is 10.6. The van der Waals surface area contributed by atoms with E-state index in [2.05, 4.69) is 57.3 Å². The Bertz CT molecular complexity index is 2890. The van der Waals surface area contributed by atoms with Crippen LogP contribution in [0.4, 0.5) is 0 Å². The van der Waals surface area contributed by atoms with Gasteiger partial charge in [0.05, 0.1) is 115 Å². The molecule has 19 heteroatoms.